The van der Waals surface area contributed by atoms with Gasteiger partial charge in [-0.1, -0.05) is 53.8 Å². The smallest absolute Gasteiger partial charge is 0.407 e. The second-order valence-electron chi connectivity index (χ2n) is 4.84. The second kappa shape index (κ2) is 9.25. The maximum absolute atomic E-state index is 11.6. The molecule has 0 bridgehead atoms. The summed E-state index contributed by atoms with van der Waals surface area (Å²) in [5, 5.41) is 12.2. The van der Waals surface area contributed by atoms with Gasteiger partial charge in [-0.2, -0.15) is 5.26 Å². The van der Waals surface area contributed by atoms with Gasteiger partial charge in [-0.3, -0.25) is 0 Å². The number of carbonyl (C=O) groups excluding carboxylic acids is 1. The number of rotatable bonds is 4. The quantitative estimate of drug-likeness (QED) is 0.679. The molecule has 0 saturated carbocycles. The molecule has 0 fully saturated rings. The molecule has 2 aromatic carbocycles. The van der Waals surface area contributed by atoms with Gasteiger partial charge in [-0.05, 0) is 23.8 Å². The summed E-state index contributed by atoms with van der Waals surface area (Å²) in [7, 11) is 0. The molecule has 1 N–H and O–H groups in total. The van der Waals surface area contributed by atoms with Crippen molar-refractivity contribution in [2.75, 3.05) is 6.54 Å². The number of nitrogens with zero attached hydrogens (tertiary/aromatic N) is 1. The zero-order chi connectivity index (χ0) is 17.2. The van der Waals surface area contributed by atoms with Crippen molar-refractivity contribution in [2.45, 2.75) is 13.0 Å². The fourth-order valence-electron chi connectivity index (χ4n) is 1.88. The van der Waals surface area contributed by atoms with Crippen LogP contribution in [-0.2, 0) is 11.3 Å². The van der Waals surface area contributed by atoms with Crippen molar-refractivity contribution in [3.05, 3.63) is 70.2 Å². The van der Waals surface area contributed by atoms with Crippen molar-refractivity contribution >= 4 is 17.7 Å². The first-order valence-corrected chi connectivity index (χ1v) is 7.70. The van der Waals surface area contributed by atoms with Gasteiger partial charge >= 0.3 is 6.09 Å². The fraction of sp³-hybridized carbons (Fsp3) is 0.158. The van der Waals surface area contributed by atoms with Crippen LogP contribution < -0.4 is 5.32 Å². The largest absolute Gasteiger partial charge is 0.445 e. The standard InChI is InChI=1S/C19H15ClN2O2/c20-18-10-9-17(13-21)16(12-18)8-4-5-11-22-19(23)24-14-15-6-2-1-3-7-15/h1-3,6-7,9-10,12H,5,11,14H2,(H,22,23). The number of nitriles is 1. The number of halogens is 1. The number of amides is 1. The van der Waals surface area contributed by atoms with Crippen LogP contribution in [0.4, 0.5) is 4.79 Å². The van der Waals surface area contributed by atoms with E-state index in [0.717, 1.165) is 5.56 Å². The topological polar surface area (TPSA) is 62.1 Å². The zero-order valence-corrected chi connectivity index (χ0v) is 13.6. The van der Waals surface area contributed by atoms with E-state index in [1.807, 2.05) is 30.3 Å². The number of ether oxygens (including phenoxy) is 1. The normalized spacial score (nSPS) is 9.33. The summed E-state index contributed by atoms with van der Waals surface area (Å²) in [5.74, 6) is 5.79. The lowest BCUT2D eigenvalue weighted by Gasteiger charge is -2.05. The van der Waals surface area contributed by atoms with Crippen molar-refractivity contribution in [1.82, 2.24) is 5.32 Å². The Morgan fingerprint density at radius 2 is 1.96 bits per heavy atom. The minimum atomic E-state index is -0.485. The Kier molecular flexibility index (Phi) is 6.71. The highest BCUT2D eigenvalue weighted by molar-refractivity contribution is 6.30. The molecule has 0 aromatic heterocycles. The van der Waals surface area contributed by atoms with Crippen LogP contribution in [0.25, 0.3) is 0 Å². The fourth-order valence-corrected chi connectivity index (χ4v) is 2.05. The third-order valence-electron chi connectivity index (χ3n) is 3.06. The molecule has 0 atom stereocenters. The Morgan fingerprint density at radius 3 is 2.71 bits per heavy atom. The van der Waals surface area contributed by atoms with E-state index in [1.54, 1.807) is 18.2 Å². The number of alkyl carbamates (subject to hydrolysis) is 1. The predicted molar refractivity (Wildman–Crippen MR) is 92.3 cm³/mol. The lowest BCUT2D eigenvalue weighted by atomic mass is 10.1. The van der Waals surface area contributed by atoms with Gasteiger partial charge in [0.15, 0.2) is 0 Å². The van der Waals surface area contributed by atoms with Gasteiger partial charge < -0.3 is 10.1 Å². The molecule has 0 heterocycles. The molecular weight excluding hydrogens is 324 g/mol. The molecule has 0 unspecified atom stereocenters. The zero-order valence-electron chi connectivity index (χ0n) is 12.9. The average molecular weight is 339 g/mol. The summed E-state index contributed by atoms with van der Waals surface area (Å²) in [6, 6.07) is 16.4. The first kappa shape index (κ1) is 17.4. The number of benzene rings is 2. The number of carbonyl (C=O) groups is 1. The molecular formula is C19H15ClN2O2. The summed E-state index contributed by atoms with van der Waals surface area (Å²) >= 11 is 5.89. The van der Waals surface area contributed by atoms with Gasteiger partial charge in [-0.15, -0.1) is 0 Å². The average Bonchev–Trinajstić information content (AvgIpc) is 2.61. The Morgan fingerprint density at radius 1 is 1.17 bits per heavy atom. The second-order valence-corrected chi connectivity index (χ2v) is 5.28. The summed E-state index contributed by atoms with van der Waals surface area (Å²) in [6.45, 7) is 0.593. The maximum Gasteiger partial charge on any atom is 0.407 e. The van der Waals surface area contributed by atoms with E-state index >= 15 is 0 Å². The highest BCUT2D eigenvalue weighted by Crippen LogP contribution is 2.14. The van der Waals surface area contributed by atoms with Gasteiger partial charge in [0.05, 0.1) is 5.56 Å². The van der Waals surface area contributed by atoms with Crippen LogP contribution in [0.3, 0.4) is 0 Å². The summed E-state index contributed by atoms with van der Waals surface area (Å²) in [6.07, 6.45) is -0.0428. The molecule has 0 radical (unpaired) electrons. The molecule has 5 heteroatoms. The van der Waals surface area contributed by atoms with Crippen molar-refractivity contribution < 1.29 is 9.53 Å². The highest BCUT2D eigenvalue weighted by Gasteiger charge is 2.01. The third kappa shape index (κ3) is 5.68. The number of hydrogen-bond acceptors (Lipinski definition) is 3. The van der Waals surface area contributed by atoms with Crippen LogP contribution in [0, 0.1) is 23.2 Å². The highest BCUT2D eigenvalue weighted by atomic mass is 35.5. The monoisotopic (exact) mass is 338 g/mol. The molecule has 2 aromatic rings. The third-order valence-corrected chi connectivity index (χ3v) is 3.29. The van der Waals surface area contributed by atoms with Crippen molar-refractivity contribution in [3.8, 4) is 17.9 Å². The molecule has 2 rings (SSSR count). The molecule has 0 spiro atoms. The van der Waals surface area contributed by atoms with E-state index in [9.17, 15) is 4.79 Å². The van der Waals surface area contributed by atoms with Gasteiger partial charge in [0, 0.05) is 23.6 Å². The van der Waals surface area contributed by atoms with E-state index in [4.69, 9.17) is 21.6 Å². The molecule has 24 heavy (non-hydrogen) atoms. The molecule has 0 saturated heterocycles. The Hall–Kier alpha value is -2.95. The lowest BCUT2D eigenvalue weighted by Crippen LogP contribution is -2.24. The molecule has 4 nitrogen and oxygen atoms in total. The van der Waals surface area contributed by atoms with Crippen molar-refractivity contribution in [3.63, 3.8) is 0 Å². The predicted octanol–water partition coefficient (Wildman–Crippen LogP) is 3.88. The Bertz CT molecular complexity index is 802. The van der Waals surface area contributed by atoms with Gasteiger partial charge in [0.2, 0.25) is 0 Å². The molecule has 0 aliphatic carbocycles. The van der Waals surface area contributed by atoms with Gasteiger partial charge in [0.1, 0.15) is 12.7 Å². The number of nitrogens with one attached hydrogen (secondary N) is 1. The lowest BCUT2D eigenvalue weighted by molar-refractivity contribution is 0.140. The van der Waals surface area contributed by atoms with E-state index in [0.29, 0.717) is 29.1 Å². The van der Waals surface area contributed by atoms with Crippen LogP contribution >= 0.6 is 11.6 Å². The van der Waals surface area contributed by atoms with Crippen LogP contribution in [-0.4, -0.2) is 12.6 Å². The first-order valence-electron chi connectivity index (χ1n) is 7.32. The van der Waals surface area contributed by atoms with Gasteiger partial charge in [0.25, 0.3) is 0 Å². The minimum Gasteiger partial charge on any atom is -0.445 e. The van der Waals surface area contributed by atoms with E-state index in [-0.39, 0.29) is 6.61 Å². The molecule has 1 amide bonds. The summed E-state index contributed by atoms with van der Waals surface area (Å²) in [4.78, 5) is 11.6. The van der Waals surface area contributed by atoms with Crippen LogP contribution in [0.2, 0.25) is 5.02 Å². The van der Waals surface area contributed by atoms with Crippen molar-refractivity contribution in [2.24, 2.45) is 0 Å². The SMILES string of the molecule is N#Cc1ccc(Cl)cc1C#CCCNC(=O)OCc1ccccc1. The summed E-state index contributed by atoms with van der Waals surface area (Å²) < 4.78 is 5.09. The first-order chi connectivity index (χ1) is 11.7. The Labute approximate surface area is 146 Å². The number of hydrogen-bond donors (Lipinski definition) is 1. The minimum absolute atomic E-state index is 0.229. The van der Waals surface area contributed by atoms with Crippen LogP contribution in [0.5, 0.6) is 0 Å². The van der Waals surface area contributed by atoms with E-state index < -0.39 is 6.09 Å². The Balaban J connectivity index is 1.75. The molecule has 120 valence electrons. The van der Waals surface area contributed by atoms with Gasteiger partial charge in [-0.25, -0.2) is 4.79 Å². The maximum atomic E-state index is 11.6. The molecule has 0 aliphatic rings. The van der Waals surface area contributed by atoms with Crippen molar-refractivity contribution in [1.29, 1.82) is 5.26 Å². The van der Waals surface area contributed by atoms with Crippen LogP contribution in [0.15, 0.2) is 48.5 Å². The van der Waals surface area contributed by atoms with E-state index in [1.165, 1.54) is 0 Å². The van der Waals surface area contributed by atoms with Crippen LogP contribution in [0.1, 0.15) is 23.1 Å². The summed E-state index contributed by atoms with van der Waals surface area (Å²) in [5.41, 5.74) is 1.98. The molecule has 0 aliphatic heterocycles. The van der Waals surface area contributed by atoms with E-state index in [2.05, 4.69) is 23.2 Å².